The van der Waals surface area contributed by atoms with Crippen LogP contribution in [-0.2, 0) is 4.74 Å². The Morgan fingerprint density at radius 3 is 3.11 bits per heavy atom. The Balaban J connectivity index is 2.18. The van der Waals surface area contributed by atoms with Gasteiger partial charge in [0.1, 0.15) is 5.56 Å². The van der Waals surface area contributed by atoms with E-state index in [9.17, 15) is 9.59 Å². The number of aliphatic hydroxyl groups is 1. The van der Waals surface area contributed by atoms with E-state index in [1.807, 2.05) is 0 Å². The average molecular weight is 252 g/mol. The van der Waals surface area contributed by atoms with Crippen molar-refractivity contribution in [3.05, 3.63) is 33.7 Å². The van der Waals surface area contributed by atoms with E-state index in [-0.39, 0.29) is 29.6 Å². The first kappa shape index (κ1) is 12.8. The molecule has 1 aliphatic heterocycles. The molecule has 18 heavy (non-hydrogen) atoms. The van der Waals surface area contributed by atoms with Crippen molar-refractivity contribution < 1.29 is 14.6 Å². The van der Waals surface area contributed by atoms with E-state index < -0.39 is 0 Å². The number of ether oxygens (including phenoxy) is 1. The lowest BCUT2D eigenvalue weighted by molar-refractivity contribution is -0.0447. The Morgan fingerprint density at radius 1 is 1.67 bits per heavy atom. The number of aromatic nitrogens is 1. The molecule has 2 heterocycles. The largest absolute Gasteiger partial charge is 0.394 e. The van der Waals surface area contributed by atoms with Crippen molar-refractivity contribution in [2.75, 3.05) is 26.3 Å². The number of morpholine rings is 1. The fourth-order valence-corrected chi connectivity index (χ4v) is 1.92. The Kier molecular flexibility index (Phi) is 3.78. The highest BCUT2D eigenvalue weighted by molar-refractivity contribution is 5.93. The lowest BCUT2D eigenvalue weighted by Gasteiger charge is -2.31. The Hall–Kier alpha value is -1.66. The van der Waals surface area contributed by atoms with Gasteiger partial charge in [-0.1, -0.05) is 0 Å². The number of aliphatic hydroxyl groups excluding tert-OH is 1. The second-order valence-electron chi connectivity index (χ2n) is 4.32. The summed E-state index contributed by atoms with van der Waals surface area (Å²) < 4.78 is 5.26. The maximum absolute atomic E-state index is 12.2. The molecule has 6 heteroatoms. The van der Waals surface area contributed by atoms with Gasteiger partial charge in [-0.3, -0.25) is 9.59 Å². The zero-order valence-corrected chi connectivity index (χ0v) is 10.2. The summed E-state index contributed by atoms with van der Waals surface area (Å²) in [6.45, 7) is 2.74. The van der Waals surface area contributed by atoms with Crippen LogP contribution < -0.4 is 5.43 Å². The van der Waals surface area contributed by atoms with Crippen LogP contribution in [0.3, 0.4) is 0 Å². The number of carbonyl (C=O) groups excluding carboxylic acids is 1. The van der Waals surface area contributed by atoms with E-state index in [0.29, 0.717) is 25.4 Å². The van der Waals surface area contributed by atoms with Crippen LogP contribution in [0.4, 0.5) is 0 Å². The lowest BCUT2D eigenvalue weighted by Crippen LogP contribution is -2.47. The predicted octanol–water partition coefficient (Wildman–Crippen LogP) is -0.483. The summed E-state index contributed by atoms with van der Waals surface area (Å²) in [5.74, 6) is -0.321. The summed E-state index contributed by atoms with van der Waals surface area (Å²) in [5, 5.41) is 9.02. The first-order valence-corrected chi connectivity index (χ1v) is 5.83. The van der Waals surface area contributed by atoms with E-state index in [1.54, 1.807) is 6.92 Å². The summed E-state index contributed by atoms with van der Waals surface area (Å²) >= 11 is 0. The average Bonchev–Trinajstić information content (AvgIpc) is 2.38. The number of aromatic amines is 1. The van der Waals surface area contributed by atoms with Gasteiger partial charge >= 0.3 is 0 Å². The molecular formula is C12H16N2O4. The van der Waals surface area contributed by atoms with Gasteiger partial charge in [-0.15, -0.1) is 0 Å². The van der Waals surface area contributed by atoms with Crippen LogP contribution in [0.1, 0.15) is 16.1 Å². The summed E-state index contributed by atoms with van der Waals surface area (Å²) in [4.78, 5) is 28.3. The highest BCUT2D eigenvalue weighted by Gasteiger charge is 2.25. The molecule has 1 aromatic rings. The fourth-order valence-electron chi connectivity index (χ4n) is 1.92. The second-order valence-corrected chi connectivity index (χ2v) is 4.32. The summed E-state index contributed by atoms with van der Waals surface area (Å²) in [7, 11) is 0. The number of amides is 1. The number of nitrogens with one attached hydrogen (secondary N) is 1. The van der Waals surface area contributed by atoms with Gasteiger partial charge in [0.15, 0.2) is 5.43 Å². The van der Waals surface area contributed by atoms with Crippen molar-refractivity contribution in [1.29, 1.82) is 0 Å². The van der Waals surface area contributed by atoms with E-state index >= 15 is 0 Å². The van der Waals surface area contributed by atoms with E-state index in [1.165, 1.54) is 17.2 Å². The number of hydrogen-bond donors (Lipinski definition) is 2. The minimum atomic E-state index is -0.368. The summed E-state index contributed by atoms with van der Waals surface area (Å²) in [5.41, 5.74) is 0.550. The van der Waals surface area contributed by atoms with E-state index in [2.05, 4.69) is 4.98 Å². The molecule has 2 rings (SSSR count). The minimum absolute atomic E-state index is 0.124. The smallest absolute Gasteiger partial charge is 0.259 e. The van der Waals surface area contributed by atoms with Crippen LogP contribution in [0.5, 0.6) is 0 Å². The van der Waals surface area contributed by atoms with Gasteiger partial charge in [0.25, 0.3) is 5.91 Å². The molecule has 0 bridgehead atoms. The van der Waals surface area contributed by atoms with Crippen LogP contribution in [0, 0.1) is 6.92 Å². The number of hydrogen-bond acceptors (Lipinski definition) is 4. The molecule has 1 aromatic heterocycles. The van der Waals surface area contributed by atoms with Crippen molar-refractivity contribution >= 4 is 5.91 Å². The van der Waals surface area contributed by atoms with E-state index in [4.69, 9.17) is 9.84 Å². The van der Waals surface area contributed by atoms with Crippen LogP contribution in [0.15, 0.2) is 17.1 Å². The molecule has 1 amide bonds. The molecule has 6 nitrogen and oxygen atoms in total. The van der Waals surface area contributed by atoms with Gasteiger partial charge in [0.2, 0.25) is 0 Å². The second kappa shape index (κ2) is 5.32. The molecule has 0 aromatic carbocycles. The maximum Gasteiger partial charge on any atom is 0.259 e. The Bertz CT molecular complexity index is 497. The SMILES string of the molecule is Cc1cc(=O)c(C(=O)N2CCOC(CO)C2)c[nH]1. The number of rotatable bonds is 2. The zero-order chi connectivity index (χ0) is 13.1. The minimum Gasteiger partial charge on any atom is -0.394 e. The number of pyridine rings is 1. The van der Waals surface area contributed by atoms with Crippen LogP contribution in [-0.4, -0.2) is 53.3 Å². The molecular weight excluding hydrogens is 236 g/mol. The number of nitrogens with zero attached hydrogens (tertiary/aromatic N) is 1. The van der Waals surface area contributed by atoms with E-state index in [0.717, 1.165) is 0 Å². The van der Waals surface area contributed by atoms with Crippen molar-refractivity contribution in [3.8, 4) is 0 Å². The number of carbonyl (C=O) groups is 1. The Labute approximate surface area is 104 Å². The molecule has 1 unspecified atom stereocenters. The van der Waals surface area contributed by atoms with Gasteiger partial charge in [0.05, 0.1) is 19.3 Å². The quantitative estimate of drug-likeness (QED) is 0.744. The van der Waals surface area contributed by atoms with Gasteiger partial charge < -0.3 is 19.7 Å². The Morgan fingerprint density at radius 2 is 2.44 bits per heavy atom. The molecule has 98 valence electrons. The van der Waals surface area contributed by atoms with Gasteiger partial charge in [-0.2, -0.15) is 0 Å². The van der Waals surface area contributed by atoms with Crippen LogP contribution in [0.25, 0.3) is 0 Å². The summed E-state index contributed by atoms with van der Waals surface area (Å²) in [6.07, 6.45) is 1.07. The molecule has 1 aliphatic rings. The molecule has 1 fully saturated rings. The standard InChI is InChI=1S/C12H16N2O4/c1-8-4-11(16)10(5-13-8)12(17)14-2-3-18-9(6-14)7-15/h4-5,9,15H,2-3,6-7H2,1H3,(H,13,16). The lowest BCUT2D eigenvalue weighted by atomic mass is 10.2. The number of aryl methyl sites for hydroxylation is 1. The van der Waals surface area contributed by atoms with Crippen LogP contribution >= 0.6 is 0 Å². The first-order valence-electron chi connectivity index (χ1n) is 5.83. The maximum atomic E-state index is 12.2. The molecule has 0 spiro atoms. The first-order chi connectivity index (χ1) is 8.61. The van der Waals surface area contributed by atoms with Crippen molar-refractivity contribution in [1.82, 2.24) is 9.88 Å². The third kappa shape index (κ3) is 2.60. The molecule has 0 radical (unpaired) electrons. The molecule has 0 aliphatic carbocycles. The van der Waals surface area contributed by atoms with Gasteiger partial charge in [-0.05, 0) is 6.92 Å². The van der Waals surface area contributed by atoms with Crippen molar-refractivity contribution in [2.45, 2.75) is 13.0 Å². The topological polar surface area (TPSA) is 82.6 Å². The van der Waals surface area contributed by atoms with Crippen molar-refractivity contribution in [3.63, 3.8) is 0 Å². The normalized spacial score (nSPS) is 19.9. The molecule has 1 atom stereocenters. The molecule has 0 saturated carbocycles. The van der Waals surface area contributed by atoms with Crippen LogP contribution in [0.2, 0.25) is 0 Å². The third-order valence-corrected chi connectivity index (χ3v) is 2.92. The summed E-state index contributed by atoms with van der Waals surface area (Å²) in [6, 6.07) is 1.40. The van der Waals surface area contributed by atoms with Crippen molar-refractivity contribution in [2.24, 2.45) is 0 Å². The highest BCUT2D eigenvalue weighted by atomic mass is 16.5. The molecule has 2 N–H and O–H groups in total. The monoisotopic (exact) mass is 252 g/mol. The number of H-pyrrole nitrogens is 1. The molecule has 1 saturated heterocycles. The van der Waals surface area contributed by atoms with Gasteiger partial charge in [-0.25, -0.2) is 0 Å². The predicted molar refractivity (Wildman–Crippen MR) is 64.5 cm³/mol. The fraction of sp³-hybridized carbons (Fsp3) is 0.500. The zero-order valence-electron chi connectivity index (χ0n) is 10.2. The highest BCUT2D eigenvalue weighted by Crippen LogP contribution is 2.08. The third-order valence-electron chi connectivity index (χ3n) is 2.92. The van der Waals surface area contributed by atoms with Gasteiger partial charge in [0, 0.05) is 31.0 Å².